The van der Waals surface area contributed by atoms with Gasteiger partial charge in [-0.1, -0.05) is 15.9 Å². The van der Waals surface area contributed by atoms with E-state index in [1.807, 2.05) is 11.9 Å². The standard InChI is InChI=1S/C10H18BrNO/c1-12(9-5-4-6-9)10(13)7-2-3-8-11/h9H,2-8H2,1H3. The lowest BCUT2D eigenvalue weighted by atomic mass is 9.91. The van der Waals surface area contributed by atoms with Crippen LogP contribution in [0.5, 0.6) is 0 Å². The van der Waals surface area contributed by atoms with Gasteiger partial charge in [-0.3, -0.25) is 4.79 Å². The Morgan fingerprint density at radius 1 is 1.46 bits per heavy atom. The van der Waals surface area contributed by atoms with E-state index < -0.39 is 0 Å². The van der Waals surface area contributed by atoms with Crippen LogP contribution in [0.15, 0.2) is 0 Å². The van der Waals surface area contributed by atoms with Crippen LogP contribution in [0.3, 0.4) is 0 Å². The Balaban J connectivity index is 2.13. The van der Waals surface area contributed by atoms with Crippen LogP contribution in [0, 0.1) is 0 Å². The van der Waals surface area contributed by atoms with Crippen molar-refractivity contribution < 1.29 is 4.79 Å². The molecule has 3 heteroatoms. The first-order chi connectivity index (χ1) is 6.25. The van der Waals surface area contributed by atoms with Crippen LogP contribution >= 0.6 is 15.9 Å². The van der Waals surface area contributed by atoms with Crippen LogP contribution in [0.1, 0.15) is 38.5 Å². The van der Waals surface area contributed by atoms with Crippen molar-refractivity contribution in [3.63, 3.8) is 0 Å². The van der Waals surface area contributed by atoms with E-state index in [0.29, 0.717) is 11.9 Å². The van der Waals surface area contributed by atoms with Gasteiger partial charge < -0.3 is 4.90 Å². The molecule has 0 heterocycles. The molecule has 0 aromatic rings. The summed E-state index contributed by atoms with van der Waals surface area (Å²) < 4.78 is 0. The molecule has 0 aromatic carbocycles. The largest absolute Gasteiger partial charge is 0.343 e. The van der Waals surface area contributed by atoms with Crippen molar-refractivity contribution in [2.45, 2.75) is 44.6 Å². The molecule has 1 aliphatic carbocycles. The highest BCUT2D eigenvalue weighted by Crippen LogP contribution is 2.24. The van der Waals surface area contributed by atoms with Crippen molar-refractivity contribution in [1.29, 1.82) is 0 Å². The van der Waals surface area contributed by atoms with Crippen LogP contribution in [-0.4, -0.2) is 29.2 Å². The molecule has 1 amide bonds. The third kappa shape index (κ3) is 3.29. The first kappa shape index (κ1) is 11.0. The first-order valence-corrected chi connectivity index (χ1v) is 6.19. The van der Waals surface area contributed by atoms with Crippen LogP contribution in [0.2, 0.25) is 0 Å². The number of hydrogen-bond acceptors (Lipinski definition) is 1. The average molecular weight is 248 g/mol. The van der Waals surface area contributed by atoms with Crippen LogP contribution in [0.25, 0.3) is 0 Å². The monoisotopic (exact) mass is 247 g/mol. The van der Waals surface area contributed by atoms with Gasteiger partial charge in [0.05, 0.1) is 0 Å². The van der Waals surface area contributed by atoms with Crippen molar-refractivity contribution in [2.24, 2.45) is 0 Å². The maximum Gasteiger partial charge on any atom is 0.222 e. The quantitative estimate of drug-likeness (QED) is 0.541. The van der Waals surface area contributed by atoms with E-state index >= 15 is 0 Å². The van der Waals surface area contributed by atoms with E-state index in [2.05, 4.69) is 15.9 Å². The third-order valence-electron chi connectivity index (χ3n) is 2.79. The van der Waals surface area contributed by atoms with Crippen LogP contribution < -0.4 is 0 Å². The predicted molar refractivity (Wildman–Crippen MR) is 58.1 cm³/mol. The lowest BCUT2D eigenvalue weighted by Gasteiger charge is -2.34. The zero-order valence-electron chi connectivity index (χ0n) is 8.26. The zero-order chi connectivity index (χ0) is 9.68. The second-order valence-corrected chi connectivity index (χ2v) is 4.53. The molecule has 0 spiro atoms. The number of amides is 1. The van der Waals surface area contributed by atoms with E-state index in [0.717, 1.165) is 24.6 Å². The molecule has 0 saturated heterocycles. The van der Waals surface area contributed by atoms with Crippen molar-refractivity contribution in [3.05, 3.63) is 0 Å². The van der Waals surface area contributed by atoms with Gasteiger partial charge in [0, 0.05) is 24.8 Å². The maximum atomic E-state index is 11.6. The summed E-state index contributed by atoms with van der Waals surface area (Å²) in [4.78, 5) is 13.5. The highest BCUT2D eigenvalue weighted by atomic mass is 79.9. The fraction of sp³-hybridized carbons (Fsp3) is 0.900. The molecule has 0 bridgehead atoms. The van der Waals surface area contributed by atoms with Gasteiger partial charge in [0.15, 0.2) is 0 Å². The highest BCUT2D eigenvalue weighted by Gasteiger charge is 2.24. The first-order valence-electron chi connectivity index (χ1n) is 5.07. The summed E-state index contributed by atoms with van der Waals surface area (Å²) in [5.74, 6) is 0.325. The number of nitrogens with zero attached hydrogens (tertiary/aromatic N) is 1. The second kappa shape index (κ2) is 5.63. The highest BCUT2D eigenvalue weighted by molar-refractivity contribution is 9.09. The van der Waals surface area contributed by atoms with Crippen LogP contribution in [0.4, 0.5) is 0 Å². The smallest absolute Gasteiger partial charge is 0.222 e. The molecule has 0 atom stereocenters. The van der Waals surface area contributed by atoms with Gasteiger partial charge in [-0.25, -0.2) is 0 Å². The average Bonchev–Trinajstić information content (AvgIpc) is 2.01. The molecule has 2 nitrogen and oxygen atoms in total. The molecule has 76 valence electrons. The van der Waals surface area contributed by atoms with Crippen molar-refractivity contribution in [2.75, 3.05) is 12.4 Å². The number of rotatable bonds is 5. The van der Waals surface area contributed by atoms with Crippen molar-refractivity contribution in [3.8, 4) is 0 Å². The molecule has 1 fully saturated rings. The minimum absolute atomic E-state index is 0.325. The third-order valence-corrected chi connectivity index (χ3v) is 3.35. The minimum atomic E-state index is 0.325. The van der Waals surface area contributed by atoms with Gasteiger partial charge in [-0.2, -0.15) is 0 Å². The minimum Gasteiger partial charge on any atom is -0.343 e. The number of carbonyl (C=O) groups excluding carboxylic acids is 1. The Labute approximate surface area is 88.8 Å². The van der Waals surface area contributed by atoms with E-state index in [-0.39, 0.29) is 0 Å². The number of unbranched alkanes of at least 4 members (excludes halogenated alkanes) is 1. The van der Waals surface area contributed by atoms with E-state index in [4.69, 9.17) is 0 Å². The Hall–Kier alpha value is -0.0500. The predicted octanol–water partition coefficient (Wildman–Crippen LogP) is 2.56. The van der Waals surface area contributed by atoms with Crippen molar-refractivity contribution in [1.82, 2.24) is 4.90 Å². The normalized spacial score (nSPS) is 16.8. The van der Waals surface area contributed by atoms with Gasteiger partial charge in [0.2, 0.25) is 5.91 Å². The molecular weight excluding hydrogens is 230 g/mol. The van der Waals surface area contributed by atoms with Gasteiger partial charge >= 0.3 is 0 Å². The molecule has 1 aliphatic rings. The molecule has 1 saturated carbocycles. The molecule has 0 radical (unpaired) electrons. The summed E-state index contributed by atoms with van der Waals surface area (Å²) in [6.07, 6.45) is 6.55. The number of hydrogen-bond donors (Lipinski definition) is 0. The zero-order valence-corrected chi connectivity index (χ0v) is 9.85. The summed E-state index contributed by atoms with van der Waals surface area (Å²) in [6.45, 7) is 0. The number of halogens is 1. The SMILES string of the molecule is CN(C(=O)CCCCBr)C1CCC1. The summed E-state index contributed by atoms with van der Waals surface area (Å²) >= 11 is 3.37. The molecule has 13 heavy (non-hydrogen) atoms. The van der Waals surface area contributed by atoms with E-state index in [1.165, 1.54) is 19.3 Å². The van der Waals surface area contributed by atoms with Crippen LogP contribution in [-0.2, 0) is 4.79 Å². The molecule has 0 aromatic heterocycles. The molecule has 0 aliphatic heterocycles. The lowest BCUT2D eigenvalue weighted by molar-refractivity contribution is -0.133. The second-order valence-electron chi connectivity index (χ2n) is 3.74. The summed E-state index contributed by atoms with van der Waals surface area (Å²) in [6, 6.07) is 0.552. The van der Waals surface area contributed by atoms with Gasteiger partial charge in [0.25, 0.3) is 0 Å². The van der Waals surface area contributed by atoms with Gasteiger partial charge in [0.1, 0.15) is 0 Å². The maximum absolute atomic E-state index is 11.6. The Morgan fingerprint density at radius 2 is 2.15 bits per heavy atom. The molecule has 0 unspecified atom stereocenters. The van der Waals surface area contributed by atoms with Gasteiger partial charge in [-0.05, 0) is 32.1 Å². The molecule has 0 N–H and O–H groups in total. The topological polar surface area (TPSA) is 20.3 Å². The van der Waals surface area contributed by atoms with Gasteiger partial charge in [-0.15, -0.1) is 0 Å². The van der Waals surface area contributed by atoms with E-state index in [9.17, 15) is 4.79 Å². The Kier molecular flexibility index (Phi) is 4.78. The lowest BCUT2D eigenvalue weighted by Crippen LogP contribution is -2.41. The summed E-state index contributed by atoms with van der Waals surface area (Å²) in [5, 5.41) is 1.01. The van der Waals surface area contributed by atoms with E-state index in [1.54, 1.807) is 0 Å². The van der Waals surface area contributed by atoms with Crippen molar-refractivity contribution >= 4 is 21.8 Å². The summed E-state index contributed by atoms with van der Waals surface area (Å²) in [7, 11) is 1.94. The number of carbonyl (C=O) groups is 1. The molecular formula is C10H18BrNO. The Bertz CT molecular complexity index is 168. The summed E-state index contributed by atoms with van der Waals surface area (Å²) in [5.41, 5.74) is 0. The molecule has 1 rings (SSSR count). The number of alkyl halides is 1. The fourth-order valence-electron chi connectivity index (χ4n) is 1.52. The Morgan fingerprint density at radius 3 is 2.62 bits per heavy atom. The fourth-order valence-corrected chi connectivity index (χ4v) is 1.92.